The summed E-state index contributed by atoms with van der Waals surface area (Å²) in [6, 6.07) is 11.4. The summed E-state index contributed by atoms with van der Waals surface area (Å²) in [7, 11) is -16.8. The molecule has 3 radical (unpaired) electrons. The van der Waals surface area contributed by atoms with Gasteiger partial charge in [-0.1, -0.05) is 119 Å². The molecule has 2 aromatic rings. The van der Waals surface area contributed by atoms with E-state index in [-0.39, 0.29) is 28.2 Å². The Balaban J connectivity index is 0.00000924. The molecule has 2 aromatic carbocycles. The Hall–Kier alpha value is -0.618. The number of phosphoric ester groups is 1. The van der Waals surface area contributed by atoms with Crippen LogP contribution in [0.3, 0.4) is 0 Å². The fraction of sp³-hybridized carbons (Fsp3) is 0.586. The van der Waals surface area contributed by atoms with Gasteiger partial charge in [0.1, 0.15) is 6.10 Å². The summed E-state index contributed by atoms with van der Waals surface area (Å²) in [6.45, 7) is 24.4. The maximum Gasteiger partial charge on any atom is 0.490 e. The van der Waals surface area contributed by atoms with Crippen LogP contribution in [0.15, 0.2) is 36.4 Å². The van der Waals surface area contributed by atoms with Gasteiger partial charge in [-0.2, -0.15) is 8.62 Å². The summed E-state index contributed by atoms with van der Waals surface area (Å²) >= 11 is 0. The van der Waals surface area contributed by atoms with Gasteiger partial charge < -0.3 is 19.6 Å². The lowest BCUT2D eigenvalue weighted by molar-refractivity contribution is 0.143. The summed E-state index contributed by atoms with van der Waals surface area (Å²) < 4.78 is 50.6. The first-order valence-corrected chi connectivity index (χ1v) is 18.1. The average Bonchev–Trinajstić information content (AvgIpc) is 2.71. The minimum atomic E-state index is -5.72. The largest absolute Gasteiger partial charge is 0.490 e. The molecule has 4 N–H and O–H groups in total. The second kappa shape index (κ2) is 13.2. The van der Waals surface area contributed by atoms with E-state index in [1.807, 2.05) is 65.8 Å². The Morgan fingerprint density at radius 1 is 0.558 bits per heavy atom. The van der Waals surface area contributed by atoms with Gasteiger partial charge in [0.05, 0.1) is 0 Å². The van der Waals surface area contributed by atoms with Crippen LogP contribution >= 0.6 is 23.5 Å². The van der Waals surface area contributed by atoms with Crippen molar-refractivity contribution in [1.82, 2.24) is 0 Å². The normalized spacial score (nSPS) is 16.4. The summed E-state index contributed by atoms with van der Waals surface area (Å²) in [5, 5.41) is 0. The van der Waals surface area contributed by atoms with Crippen LogP contribution in [-0.2, 0) is 48.5 Å². The molecule has 0 amide bonds. The molecule has 0 aliphatic heterocycles. The van der Waals surface area contributed by atoms with E-state index in [0.717, 1.165) is 22.3 Å². The Bertz CT molecular complexity index is 1360. The fourth-order valence-corrected chi connectivity index (χ4v) is 7.67. The second-order valence-electron chi connectivity index (χ2n) is 14.7. The Morgan fingerprint density at radius 2 is 0.907 bits per heavy atom. The number of rotatable bonds is 8. The molecule has 0 aromatic heterocycles. The van der Waals surface area contributed by atoms with Gasteiger partial charge in [0, 0.05) is 17.4 Å². The molecule has 0 fully saturated rings. The molecular weight excluding hydrogens is 628 g/mol. The molecule has 0 bridgehead atoms. The zero-order valence-corrected chi connectivity index (χ0v) is 31.0. The standard InChI is InChI=1S/C29H47O10P3.Al/c1-26(2,3)19-13-15-21(23(17-19)28(7,8)9)25(37-41(33,34)39-42(35,36)38-40(30,31)32)22-16-14-20(27(4,5)6)18-24(22)29(10,11)12;/h13-18,25H,1-12H3,(H,33,34)(H,35,36)(H2,30,31,32);. The number of benzene rings is 2. The highest BCUT2D eigenvalue weighted by molar-refractivity contribution is 7.66. The van der Waals surface area contributed by atoms with Gasteiger partial charge >= 0.3 is 23.5 Å². The van der Waals surface area contributed by atoms with Crippen LogP contribution in [0.4, 0.5) is 0 Å². The van der Waals surface area contributed by atoms with E-state index in [4.69, 9.17) is 14.3 Å². The van der Waals surface area contributed by atoms with E-state index in [2.05, 4.69) is 50.2 Å². The van der Waals surface area contributed by atoms with Crippen molar-refractivity contribution >= 4 is 40.8 Å². The minimum Gasteiger partial charge on any atom is -0.302 e. The van der Waals surface area contributed by atoms with Gasteiger partial charge in [0.25, 0.3) is 0 Å². The maximum absolute atomic E-state index is 13.3. The van der Waals surface area contributed by atoms with Crippen LogP contribution in [0.5, 0.6) is 0 Å². The van der Waals surface area contributed by atoms with Crippen molar-refractivity contribution < 1.29 is 46.4 Å². The lowest BCUT2D eigenvalue weighted by atomic mass is 9.74. The van der Waals surface area contributed by atoms with Crippen LogP contribution < -0.4 is 0 Å². The first kappa shape index (κ1) is 40.4. The molecule has 0 aliphatic rings. The third-order valence-electron chi connectivity index (χ3n) is 6.67. The molecule has 2 unspecified atom stereocenters. The van der Waals surface area contributed by atoms with Crippen LogP contribution in [0.1, 0.15) is 123 Å². The van der Waals surface area contributed by atoms with Crippen molar-refractivity contribution in [2.45, 2.75) is 111 Å². The zero-order valence-electron chi connectivity index (χ0n) is 27.2. The van der Waals surface area contributed by atoms with Gasteiger partial charge in [-0.25, -0.2) is 13.7 Å². The van der Waals surface area contributed by atoms with Crippen LogP contribution in [0.2, 0.25) is 0 Å². The summed E-state index contributed by atoms with van der Waals surface area (Å²) in [6.07, 6.45) is -1.29. The predicted octanol–water partition coefficient (Wildman–Crippen LogP) is 7.93. The van der Waals surface area contributed by atoms with Crippen molar-refractivity contribution in [2.75, 3.05) is 0 Å². The molecule has 0 spiro atoms. The van der Waals surface area contributed by atoms with Gasteiger partial charge in [-0.3, -0.25) is 4.52 Å². The van der Waals surface area contributed by atoms with E-state index < -0.39 is 40.4 Å². The van der Waals surface area contributed by atoms with Gasteiger partial charge in [-0.15, -0.1) is 0 Å². The van der Waals surface area contributed by atoms with Crippen molar-refractivity contribution in [3.05, 3.63) is 69.8 Å². The minimum absolute atomic E-state index is 0. The predicted molar refractivity (Wildman–Crippen MR) is 170 cm³/mol. The molecule has 2 rings (SSSR count). The SMILES string of the molecule is CC(C)(C)c1ccc(C(OP(=O)(O)OP(=O)(O)OP(=O)(O)O)c2ccc(C(C)(C)C)cc2C(C)(C)C)c(C(C)(C)C)c1.[Al]. The van der Waals surface area contributed by atoms with Gasteiger partial charge in [0.2, 0.25) is 0 Å². The third kappa shape index (κ3) is 11.6. The van der Waals surface area contributed by atoms with Gasteiger partial charge in [0.15, 0.2) is 0 Å². The average molecular weight is 676 g/mol. The molecule has 0 heterocycles. The van der Waals surface area contributed by atoms with E-state index >= 15 is 0 Å². The maximum atomic E-state index is 13.3. The van der Waals surface area contributed by atoms with E-state index in [1.165, 1.54) is 0 Å². The molecule has 43 heavy (non-hydrogen) atoms. The highest BCUT2D eigenvalue weighted by Crippen LogP contribution is 2.67. The van der Waals surface area contributed by atoms with Crippen LogP contribution in [0, 0.1) is 0 Å². The molecule has 14 heteroatoms. The lowest BCUT2D eigenvalue weighted by Gasteiger charge is -2.34. The highest BCUT2D eigenvalue weighted by Gasteiger charge is 2.43. The monoisotopic (exact) mass is 675 g/mol. The quantitative estimate of drug-likeness (QED) is 0.160. The first-order chi connectivity index (χ1) is 18.4. The molecule has 241 valence electrons. The first-order valence-electron chi connectivity index (χ1n) is 13.5. The van der Waals surface area contributed by atoms with Crippen LogP contribution in [-0.4, -0.2) is 36.9 Å². The summed E-state index contributed by atoms with van der Waals surface area (Å²) in [5.41, 5.74) is 3.33. The van der Waals surface area contributed by atoms with E-state index in [0.29, 0.717) is 11.1 Å². The van der Waals surface area contributed by atoms with Gasteiger partial charge in [-0.05, 0) is 55.0 Å². The van der Waals surface area contributed by atoms with E-state index in [9.17, 15) is 23.5 Å². The smallest absolute Gasteiger partial charge is 0.302 e. The Kier molecular flexibility index (Phi) is 12.4. The number of phosphoric acid groups is 3. The molecule has 0 saturated heterocycles. The molecular formula is C29H47AlO10P3. The van der Waals surface area contributed by atoms with Crippen molar-refractivity contribution in [3.63, 3.8) is 0 Å². The number of hydrogen-bond donors (Lipinski definition) is 4. The second-order valence-corrected chi connectivity index (χ2v) is 19.1. The van der Waals surface area contributed by atoms with Crippen molar-refractivity contribution in [1.29, 1.82) is 0 Å². The highest BCUT2D eigenvalue weighted by atomic mass is 31.3. The summed E-state index contributed by atoms with van der Waals surface area (Å²) in [4.78, 5) is 38.6. The Labute approximate surface area is 267 Å². The molecule has 0 saturated carbocycles. The third-order valence-corrected chi connectivity index (χ3v) is 10.5. The van der Waals surface area contributed by atoms with Crippen LogP contribution in [0.25, 0.3) is 0 Å². The number of hydrogen-bond acceptors (Lipinski definition) is 6. The lowest BCUT2D eigenvalue weighted by Crippen LogP contribution is -2.24. The molecule has 2 atom stereocenters. The Morgan fingerprint density at radius 3 is 1.19 bits per heavy atom. The fourth-order valence-electron chi connectivity index (χ4n) is 4.52. The molecule has 0 aliphatic carbocycles. The molecule has 10 nitrogen and oxygen atoms in total. The van der Waals surface area contributed by atoms with Crippen molar-refractivity contribution in [3.8, 4) is 0 Å². The summed E-state index contributed by atoms with van der Waals surface area (Å²) in [5.74, 6) is 0. The zero-order chi connectivity index (χ0) is 32.9. The van der Waals surface area contributed by atoms with Crippen molar-refractivity contribution in [2.24, 2.45) is 0 Å². The topological polar surface area (TPSA) is 160 Å². The van der Waals surface area contributed by atoms with E-state index in [1.54, 1.807) is 12.1 Å².